The summed E-state index contributed by atoms with van der Waals surface area (Å²) in [5.41, 5.74) is 0. The van der Waals surface area contributed by atoms with Gasteiger partial charge >= 0.3 is 0 Å². The molecule has 0 unspecified atom stereocenters. The van der Waals surface area contributed by atoms with E-state index in [2.05, 4.69) is 12.2 Å². The van der Waals surface area contributed by atoms with Gasteiger partial charge in [-0.15, -0.1) is 0 Å². The zero-order chi connectivity index (χ0) is 18.9. The highest BCUT2D eigenvalue weighted by Crippen LogP contribution is 2.14. The molecule has 0 bridgehead atoms. The van der Waals surface area contributed by atoms with Crippen molar-refractivity contribution in [2.75, 3.05) is 6.61 Å². The molecule has 5 heteroatoms. The lowest BCUT2D eigenvalue weighted by molar-refractivity contribution is -0.122. The molecule has 0 rings (SSSR count). The van der Waals surface area contributed by atoms with Crippen molar-refractivity contribution in [1.29, 1.82) is 0 Å². The summed E-state index contributed by atoms with van der Waals surface area (Å²) < 4.78 is 0. The van der Waals surface area contributed by atoms with Gasteiger partial charge in [0.1, 0.15) is 6.10 Å². The predicted molar refractivity (Wildman–Crippen MR) is 102 cm³/mol. The van der Waals surface area contributed by atoms with Crippen LogP contribution in [0.2, 0.25) is 0 Å². The van der Waals surface area contributed by atoms with Gasteiger partial charge in [0, 0.05) is 6.92 Å². The standard InChI is InChI=1S/C20H41NO4/c1-3-4-5-6-7-8-9-10-11-12-13-14-15-19(24)20(25)18(16-22)21-17(2)23/h18-20,22,24-25H,3-16H2,1-2H3,(H,21,23)/t18-,19+,20-/m0/s1. The van der Waals surface area contributed by atoms with Gasteiger partial charge in [0.2, 0.25) is 5.91 Å². The Bertz CT molecular complexity index is 312. The smallest absolute Gasteiger partial charge is 0.217 e. The van der Waals surface area contributed by atoms with Crippen molar-refractivity contribution >= 4 is 5.91 Å². The van der Waals surface area contributed by atoms with Gasteiger partial charge in [0.25, 0.3) is 0 Å². The molecule has 4 N–H and O–H groups in total. The Kier molecular flexibility index (Phi) is 16.4. The lowest BCUT2D eigenvalue weighted by Crippen LogP contribution is -2.50. The minimum atomic E-state index is -1.12. The summed E-state index contributed by atoms with van der Waals surface area (Å²) in [7, 11) is 0. The van der Waals surface area contributed by atoms with Gasteiger partial charge in [-0.25, -0.2) is 0 Å². The lowest BCUT2D eigenvalue weighted by Gasteiger charge is -2.25. The first-order chi connectivity index (χ1) is 12.0. The fourth-order valence-electron chi connectivity index (χ4n) is 3.13. The number of amides is 1. The number of aliphatic hydroxyl groups excluding tert-OH is 3. The van der Waals surface area contributed by atoms with Crippen LogP contribution in [-0.2, 0) is 4.79 Å². The summed E-state index contributed by atoms with van der Waals surface area (Å²) in [5, 5.41) is 31.6. The number of rotatable bonds is 17. The van der Waals surface area contributed by atoms with Crippen LogP contribution < -0.4 is 5.32 Å². The second kappa shape index (κ2) is 16.8. The minimum Gasteiger partial charge on any atom is -0.394 e. The zero-order valence-corrected chi connectivity index (χ0v) is 16.4. The van der Waals surface area contributed by atoms with Crippen LogP contribution in [0, 0.1) is 0 Å². The van der Waals surface area contributed by atoms with Crippen molar-refractivity contribution in [3.63, 3.8) is 0 Å². The van der Waals surface area contributed by atoms with Crippen LogP contribution in [0.1, 0.15) is 97.3 Å². The number of aliphatic hydroxyl groups is 3. The Morgan fingerprint density at radius 1 is 0.840 bits per heavy atom. The number of hydrogen-bond acceptors (Lipinski definition) is 4. The van der Waals surface area contributed by atoms with Crippen LogP contribution >= 0.6 is 0 Å². The second-order valence-corrected chi connectivity index (χ2v) is 7.23. The number of hydrogen-bond donors (Lipinski definition) is 4. The fraction of sp³-hybridized carbons (Fsp3) is 0.950. The van der Waals surface area contributed by atoms with Crippen LogP contribution in [0.5, 0.6) is 0 Å². The van der Waals surface area contributed by atoms with Gasteiger partial charge in [-0.2, -0.15) is 0 Å². The molecule has 0 radical (unpaired) electrons. The number of unbranched alkanes of at least 4 members (excludes halogenated alkanes) is 11. The molecule has 0 aromatic carbocycles. The van der Waals surface area contributed by atoms with Crippen molar-refractivity contribution in [2.24, 2.45) is 0 Å². The van der Waals surface area contributed by atoms with Crippen LogP contribution in [0.25, 0.3) is 0 Å². The van der Waals surface area contributed by atoms with Gasteiger partial charge in [0.05, 0.1) is 18.8 Å². The molecule has 0 aromatic rings. The molecule has 0 aromatic heterocycles. The minimum absolute atomic E-state index is 0.323. The van der Waals surface area contributed by atoms with Crippen molar-refractivity contribution in [3.05, 3.63) is 0 Å². The van der Waals surface area contributed by atoms with Crippen molar-refractivity contribution < 1.29 is 20.1 Å². The monoisotopic (exact) mass is 359 g/mol. The first-order valence-corrected chi connectivity index (χ1v) is 10.3. The highest BCUT2D eigenvalue weighted by Gasteiger charge is 2.25. The number of carbonyl (C=O) groups excluding carboxylic acids is 1. The largest absolute Gasteiger partial charge is 0.394 e. The van der Waals surface area contributed by atoms with E-state index in [-0.39, 0.29) is 12.5 Å². The average molecular weight is 360 g/mol. The topological polar surface area (TPSA) is 89.8 Å². The molecule has 1 amide bonds. The molecule has 0 heterocycles. The maximum atomic E-state index is 11.0. The molecule has 3 atom stereocenters. The Morgan fingerprint density at radius 3 is 1.68 bits per heavy atom. The van der Waals surface area contributed by atoms with Gasteiger partial charge in [0.15, 0.2) is 0 Å². The summed E-state index contributed by atoms with van der Waals surface area (Å²) in [5.74, 6) is -0.323. The Morgan fingerprint density at radius 2 is 1.28 bits per heavy atom. The molecule has 0 aliphatic rings. The van der Waals surface area contributed by atoms with E-state index in [1.54, 1.807) is 0 Å². The third-order valence-corrected chi connectivity index (χ3v) is 4.75. The molecule has 150 valence electrons. The second-order valence-electron chi connectivity index (χ2n) is 7.23. The zero-order valence-electron chi connectivity index (χ0n) is 16.4. The molecule has 0 saturated carbocycles. The van der Waals surface area contributed by atoms with Gasteiger partial charge in [-0.3, -0.25) is 4.79 Å². The summed E-state index contributed by atoms with van der Waals surface area (Å²) in [6.45, 7) is 3.19. The molecule has 0 aliphatic carbocycles. The summed E-state index contributed by atoms with van der Waals surface area (Å²) in [4.78, 5) is 11.0. The average Bonchev–Trinajstić information content (AvgIpc) is 2.59. The molecular formula is C20H41NO4. The first-order valence-electron chi connectivity index (χ1n) is 10.3. The molecule has 0 aliphatic heterocycles. The highest BCUT2D eigenvalue weighted by atomic mass is 16.3. The molecule has 0 saturated heterocycles. The lowest BCUT2D eigenvalue weighted by atomic mass is 9.99. The Balaban J connectivity index is 3.53. The number of nitrogens with one attached hydrogen (secondary N) is 1. The van der Waals surface area contributed by atoms with E-state index in [1.165, 1.54) is 64.7 Å². The summed E-state index contributed by atoms with van der Waals surface area (Å²) in [6, 6.07) is -0.801. The van der Waals surface area contributed by atoms with Crippen LogP contribution in [-0.4, -0.2) is 46.1 Å². The van der Waals surface area contributed by atoms with Gasteiger partial charge in [-0.1, -0.05) is 84.0 Å². The number of carbonyl (C=O) groups is 1. The third-order valence-electron chi connectivity index (χ3n) is 4.75. The maximum Gasteiger partial charge on any atom is 0.217 e. The van der Waals surface area contributed by atoms with E-state index in [1.807, 2.05) is 0 Å². The maximum absolute atomic E-state index is 11.0. The van der Waals surface area contributed by atoms with Crippen molar-refractivity contribution in [2.45, 2.75) is 116 Å². The molecule has 0 spiro atoms. The van der Waals surface area contributed by atoms with Crippen molar-refractivity contribution in [1.82, 2.24) is 5.32 Å². The van der Waals surface area contributed by atoms with E-state index in [9.17, 15) is 20.1 Å². The molecule has 25 heavy (non-hydrogen) atoms. The molecule has 0 fully saturated rings. The third kappa shape index (κ3) is 14.2. The molecule has 5 nitrogen and oxygen atoms in total. The van der Waals surface area contributed by atoms with Gasteiger partial charge in [-0.05, 0) is 6.42 Å². The van der Waals surface area contributed by atoms with E-state index >= 15 is 0 Å². The predicted octanol–water partition coefficient (Wildman–Crippen LogP) is 3.30. The Hall–Kier alpha value is -0.650. The highest BCUT2D eigenvalue weighted by molar-refractivity contribution is 5.73. The van der Waals surface area contributed by atoms with Crippen LogP contribution in [0.15, 0.2) is 0 Å². The normalized spacial score (nSPS) is 14.9. The first kappa shape index (κ1) is 24.4. The van der Waals surface area contributed by atoms with E-state index in [0.29, 0.717) is 6.42 Å². The van der Waals surface area contributed by atoms with Crippen LogP contribution in [0.3, 0.4) is 0 Å². The van der Waals surface area contributed by atoms with E-state index < -0.39 is 18.2 Å². The van der Waals surface area contributed by atoms with E-state index in [0.717, 1.165) is 19.3 Å². The van der Waals surface area contributed by atoms with Crippen LogP contribution in [0.4, 0.5) is 0 Å². The van der Waals surface area contributed by atoms with E-state index in [4.69, 9.17) is 0 Å². The summed E-state index contributed by atoms with van der Waals surface area (Å²) >= 11 is 0. The fourth-order valence-corrected chi connectivity index (χ4v) is 3.13. The Labute approximate surface area is 154 Å². The van der Waals surface area contributed by atoms with Gasteiger partial charge < -0.3 is 20.6 Å². The summed E-state index contributed by atoms with van der Waals surface area (Å²) in [6.07, 6.45) is 13.5. The molecular weight excluding hydrogens is 318 g/mol. The SMILES string of the molecule is CCCCCCCCCCCCCC[C@@H](O)[C@@H](O)[C@H](CO)NC(C)=O. The van der Waals surface area contributed by atoms with Crippen molar-refractivity contribution in [3.8, 4) is 0 Å². The quantitative estimate of drug-likeness (QED) is 0.300.